The van der Waals surface area contributed by atoms with E-state index < -0.39 is 16.9 Å². The summed E-state index contributed by atoms with van der Waals surface area (Å²) in [6.07, 6.45) is 5.61. The van der Waals surface area contributed by atoms with E-state index in [4.69, 9.17) is 5.11 Å². The Kier molecular flexibility index (Phi) is 6.25. The molecule has 2 unspecified atom stereocenters. The lowest BCUT2D eigenvalue weighted by atomic mass is 10.1. The van der Waals surface area contributed by atoms with Crippen LogP contribution >= 0.6 is 10.9 Å². The van der Waals surface area contributed by atoms with Gasteiger partial charge in [0.15, 0.2) is 0 Å². The minimum Gasteiger partial charge on any atom is -0.477 e. The molecule has 132 valence electrons. The zero-order valence-corrected chi connectivity index (χ0v) is 15.2. The lowest BCUT2D eigenvalue weighted by molar-refractivity contribution is 0.0690. The highest BCUT2D eigenvalue weighted by Crippen LogP contribution is 2.49. The van der Waals surface area contributed by atoms with Crippen molar-refractivity contribution < 1.29 is 14.7 Å². The first kappa shape index (κ1) is 18.3. The van der Waals surface area contributed by atoms with Crippen molar-refractivity contribution in [3.63, 3.8) is 0 Å². The molecule has 0 aromatic carbocycles. The molecule has 1 aromatic rings. The molecule has 0 bridgehead atoms. The summed E-state index contributed by atoms with van der Waals surface area (Å²) < 4.78 is 0. The highest BCUT2D eigenvalue weighted by atomic mass is 32.2. The predicted octanol–water partition coefficient (Wildman–Crippen LogP) is 3.35. The van der Waals surface area contributed by atoms with Gasteiger partial charge in [-0.2, -0.15) is 0 Å². The van der Waals surface area contributed by atoms with E-state index in [9.17, 15) is 9.59 Å². The monoisotopic (exact) mass is 351 g/mol. The molecule has 3 N–H and O–H groups in total. The largest absolute Gasteiger partial charge is 0.477 e. The molecule has 0 saturated heterocycles. The van der Waals surface area contributed by atoms with E-state index >= 15 is 0 Å². The Bertz CT molecular complexity index is 660. The summed E-state index contributed by atoms with van der Waals surface area (Å²) in [5.41, 5.74) is 1.53. The number of aromatic nitrogens is 1. The maximum atomic E-state index is 12.7. The second-order valence-corrected chi connectivity index (χ2v) is 7.64. The van der Waals surface area contributed by atoms with Crippen LogP contribution in [0.25, 0.3) is 5.70 Å². The summed E-state index contributed by atoms with van der Waals surface area (Å²) in [6.45, 7) is 4.21. The third kappa shape index (κ3) is 3.90. The number of pyridine rings is 1. The Balaban J connectivity index is 2.22. The van der Waals surface area contributed by atoms with Crippen molar-refractivity contribution in [3.05, 3.63) is 28.9 Å². The van der Waals surface area contributed by atoms with E-state index in [1.807, 2.05) is 5.41 Å². The second-order valence-electron chi connectivity index (χ2n) is 5.75. The SMILES string of the molecule is CCCCC(CC)NC(=O)[SH]1C=C(NC)c2cc(C(=O)O)ncc21. The molecule has 2 heterocycles. The van der Waals surface area contributed by atoms with Crippen LogP contribution in [-0.4, -0.2) is 34.4 Å². The number of nitrogens with zero attached hydrogens (tertiary/aromatic N) is 1. The molecule has 0 aliphatic carbocycles. The Morgan fingerprint density at radius 2 is 2.12 bits per heavy atom. The number of carboxylic acid groups (broad SMARTS) is 1. The van der Waals surface area contributed by atoms with E-state index in [2.05, 4.69) is 29.5 Å². The topological polar surface area (TPSA) is 91.3 Å². The first-order valence-electron chi connectivity index (χ1n) is 8.24. The number of aromatic carboxylic acids is 1. The quantitative estimate of drug-likeness (QED) is 0.566. The van der Waals surface area contributed by atoms with Crippen LogP contribution in [0.4, 0.5) is 4.79 Å². The number of unbranched alkanes of at least 4 members (excludes halogenated alkanes) is 1. The third-order valence-corrected chi connectivity index (χ3v) is 6.08. The number of carbonyl (C=O) groups is 2. The Labute approximate surface area is 145 Å². The fourth-order valence-corrected chi connectivity index (χ4v) is 4.63. The van der Waals surface area contributed by atoms with Gasteiger partial charge in [0.2, 0.25) is 0 Å². The number of hydrogen-bond donors (Lipinski definition) is 4. The predicted molar refractivity (Wildman–Crippen MR) is 97.6 cm³/mol. The van der Waals surface area contributed by atoms with Gasteiger partial charge in [0, 0.05) is 35.4 Å². The number of nitrogens with one attached hydrogen (secondary N) is 2. The molecule has 0 saturated carbocycles. The first-order valence-corrected chi connectivity index (χ1v) is 9.65. The van der Waals surface area contributed by atoms with Crippen LogP contribution in [0.1, 0.15) is 55.6 Å². The second kappa shape index (κ2) is 8.19. The van der Waals surface area contributed by atoms with Gasteiger partial charge in [-0.15, -0.1) is 10.9 Å². The maximum absolute atomic E-state index is 12.7. The molecule has 7 heteroatoms. The minimum atomic E-state index is -1.18. The average molecular weight is 351 g/mol. The van der Waals surface area contributed by atoms with Gasteiger partial charge in [-0.1, -0.05) is 26.7 Å². The number of amides is 1. The van der Waals surface area contributed by atoms with E-state index in [0.29, 0.717) is 0 Å². The lowest BCUT2D eigenvalue weighted by Gasteiger charge is -2.21. The maximum Gasteiger partial charge on any atom is 0.354 e. The van der Waals surface area contributed by atoms with Crippen molar-refractivity contribution in [2.45, 2.75) is 50.5 Å². The van der Waals surface area contributed by atoms with Crippen LogP contribution in [0.15, 0.2) is 22.6 Å². The summed E-state index contributed by atoms with van der Waals surface area (Å²) in [5, 5.41) is 17.2. The lowest BCUT2D eigenvalue weighted by Crippen LogP contribution is -2.32. The number of carboxylic acids is 1. The minimum absolute atomic E-state index is 0.00401. The van der Waals surface area contributed by atoms with Crippen LogP contribution < -0.4 is 10.6 Å². The fourth-order valence-electron chi connectivity index (χ4n) is 2.68. The zero-order valence-electron chi connectivity index (χ0n) is 14.3. The molecule has 2 atom stereocenters. The molecule has 1 aromatic heterocycles. The van der Waals surface area contributed by atoms with Crippen LogP contribution in [-0.2, 0) is 0 Å². The number of fused-ring (bicyclic) bond motifs is 1. The van der Waals surface area contributed by atoms with Gasteiger partial charge in [-0.3, -0.25) is 4.79 Å². The summed E-state index contributed by atoms with van der Waals surface area (Å²) >= 11 is 0. The van der Waals surface area contributed by atoms with E-state index in [1.54, 1.807) is 7.05 Å². The molecule has 0 spiro atoms. The van der Waals surface area contributed by atoms with Crippen molar-refractivity contribution in [2.24, 2.45) is 0 Å². The standard InChI is InChI=1S/C17H25N3O3S/c1-4-6-7-11(5-2)20-17(23)24-10-14(18-3)12-8-13(16(21)22)19-9-15(12)24/h8-11,18,24H,4-7H2,1-3H3,(H,20,23)(H,21,22). The number of hydrogen-bond acceptors (Lipinski definition) is 4. The molecule has 0 fully saturated rings. The highest BCUT2D eigenvalue weighted by Gasteiger charge is 2.28. The number of thiol groups is 1. The van der Waals surface area contributed by atoms with Crippen molar-refractivity contribution in [1.82, 2.24) is 15.6 Å². The van der Waals surface area contributed by atoms with Gasteiger partial charge in [0.25, 0.3) is 5.24 Å². The Hall–Kier alpha value is -2.02. The third-order valence-electron chi connectivity index (χ3n) is 4.12. The molecule has 24 heavy (non-hydrogen) atoms. The van der Waals surface area contributed by atoms with Gasteiger partial charge >= 0.3 is 5.97 Å². The summed E-state index contributed by atoms with van der Waals surface area (Å²) in [4.78, 5) is 28.6. The highest BCUT2D eigenvalue weighted by molar-refractivity contribution is 8.32. The van der Waals surface area contributed by atoms with Crippen LogP contribution in [0.2, 0.25) is 0 Å². The van der Waals surface area contributed by atoms with E-state index in [1.165, 1.54) is 12.3 Å². The van der Waals surface area contributed by atoms with Crippen molar-refractivity contribution in [2.75, 3.05) is 7.05 Å². The molecular weight excluding hydrogens is 326 g/mol. The number of carbonyl (C=O) groups excluding carboxylic acids is 1. The normalized spacial score (nSPS) is 18.5. The van der Waals surface area contributed by atoms with Gasteiger partial charge in [-0.25, -0.2) is 9.78 Å². The molecule has 6 nitrogen and oxygen atoms in total. The zero-order chi connectivity index (χ0) is 17.7. The molecule has 2 rings (SSSR count). The Morgan fingerprint density at radius 1 is 1.38 bits per heavy atom. The van der Waals surface area contributed by atoms with Crippen LogP contribution in [0.3, 0.4) is 0 Å². The molecule has 1 amide bonds. The van der Waals surface area contributed by atoms with Gasteiger partial charge in [0.05, 0.1) is 0 Å². The number of rotatable bonds is 7. The van der Waals surface area contributed by atoms with Crippen LogP contribution in [0, 0.1) is 0 Å². The van der Waals surface area contributed by atoms with E-state index in [0.717, 1.165) is 41.8 Å². The van der Waals surface area contributed by atoms with Crippen molar-refractivity contribution >= 4 is 27.8 Å². The average Bonchev–Trinajstić information content (AvgIpc) is 2.96. The van der Waals surface area contributed by atoms with E-state index in [-0.39, 0.29) is 17.0 Å². The van der Waals surface area contributed by atoms with Gasteiger partial charge in [0.1, 0.15) is 5.69 Å². The Morgan fingerprint density at radius 3 is 2.71 bits per heavy atom. The van der Waals surface area contributed by atoms with Crippen LogP contribution in [0.5, 0.6) is 0 Å². The summed E-state index contributed by atoms with van der Waals surface area (Å²) in [6, 6.07) is 1.71. The summed E-state index contributed by atoms with van der Waals surface area (Å²) in [5.74, 6) is -1.07. The van der Waals surface area contributed by atoms with Gasteiger partial charge in [-0.05, 0) is 24.3 Å². The van der Waals surface area contributed by atoms with Crippen molar-refractivity contribution in [3.8, 4) is 0 Å². The molecule has 1 aliphatic heterocycles. The molecular formula is C17H25N3O3S. The van der Waals surface area contributed by atoms with Gasteiger partial charge < -0.3 is 15.7 Å². The van der Waals surface area contributed by atoms with Crippen molar-refractivity contribution in [1.29, 1.82) is 0 Å². The first-order chi connectivity index (χ1) is 11.5. The molecule has 0 radical (unpaired) electrons. The summed E-state index contributed by atoms with van der Waals surface area (Å²) in [7, 11) is 0.585. The smallest absolute Gasteiger partial charge is 0.354 e. The molecule has 1 aliphatic rings. The fraction of sp³-hybridized carbons (Fsp3) is 0.471.